The average Bonchev–Trinajstić information content (AvgIpc) is 3.17. The van der Waals surface area contributed by atoms with Crippen LogP contribution in [0.2, 0.25) is 45.3 Å². The third kappa shape index (κ3) is 12.7. The summed E-state index contributed by atoms with van der Waals surface area (Å²) in [6, 6.07) is 33.6. The van der Waals surface area contributed by atoms with E-state index in [1.165, 1.54) is 36.4 Å². The highest BCUT2D eigenvalue weighted by Gasteiger charge is 2.41. The number of nitrogens with zero attached hydrogens (tertiary/aromatic N) is 2. The van der Waals surface area contributed by atoms with Gasteiger partial charge < -0.3 is 17.7 Å². The van der Waals surface area contributed by atoms with E-state index in [0.717, 1.165) is 10.8 Å². The van der Waals surface area contributed by atoms with Crippen LogP contribution in [-0.2, 0) is 27.9 Å². The van der Waals surface area contributed by atoms with Crippen LogP contribution in [0.3, 0.4) is 0 Å². The lowest BCUT2D eigenvalue weighted by Gasteiger charge is -2.39. The molecule has 0 heterocycles. The molecule has 15 heteroatoms. The summed E-state index contributed by atoms with van der Waals surface area (Å²) >= 11 is 0. The first-order chi connectivity index (χ1) is 27.2. The zero-order chi connectivity index (χ0) is 42.8. The largest absolute Gasteiger partial charge is 0.490 e. The number of benzene rings is 4. The summed E-state index contributed by atoms with van der Waals surface area (Å²) in [5.74, 6) is 1.13. The number of ether oxygens (including phenoxy) is 2. The smallest absolute Gasteiger partial charge is 0.311 e. The summed E-state index contributed by atoms with van der Waals surface area (Å²) in [4.78, 5) is -0.590. The number of allylic oxidation sites excluding steroid dienone is 2. The molecule has 0 aromatic heterocycles. The predicted octanol–water partition coefficient (Wildman–Crippen LogP) is 9.62. The van der Waals surface area contributed by atoms with Gasteiger partial charge in [0.1, 0.15) is 46.7 Å². The first kappa shape index (κ1) is 45.6. The van der Waals surface area contributed by atoms with Crippen LogP contribution in [0, 0.1) is 22.7 Å². The zero-order valence-electron chi connectivity index (χ0n) is 33.6. The molecule has 10 nitrogen and oxygen atoms in total. The maximum absolute atomic E-state index is 12.9. The number of rotatable bonds is 19. The fourth-order valence-corrected chi connectivity index (χ4v) is 21.7. The molecule has 0 N–H and O–H groups in total. The molecule has 0 aliphatic heterocycles. The molecule has 0 aliphatic carbocycles. The number of nitriles is 2. The molecule has 302 valence electrons. The summed E-state index contributed by atoms with van der Waals surface area (Å²) in [7, 11) is -15.4. The molecule has 4 aromatic rings. The van der Waals surface area contributed by atoms with Gasteiger partial charge in [-0.3, -0.25) is 0 Å². The highest BCUT2D eigenvalue weighted by atomic mass is 32.2. The molecule has 4 aromatic carbocycles. The molecular formula is C43H48N2O8S2Si3. The van der Waals surface area contributed by atoms with Gasteiger partial charge in [0.05, 0.1) is 9.79 Å². The molecule has 0 amide bonds. The Balaban J connectivity index is 1.27. The molecule has 0 bridgehead atoms. The number of hydrogen-bond donors (Lipinski definition) is 0. The molecule has 0 atom stereocenters. The van der Waals surface area contributed by atoms with Crippen LogP contribution < -0.4 is 9.47 Å². The normalized spacial score (nSPS) is 12.9. The first-order valence-electron chi connectivity index (χ1n) is 18.2. The Kier molecular flexibility index (Phi) is 15.0. The molecule has 58 heavy (non-hydrogen) atoms. The van der Waals surface area contributed by atoms with E-state index < -0.39 is 44.9 Å². The molecule has 0 saturated carbocycles. The second kappa shape index (κ2) is 19.1. The fraction of sp³-hybridized carbons (Fsp3) is 0.209. The highest BCUT2D eigenvalue weighted by Crippen LogP contribution is 2.29. The van der Waals surface area contributed by atoms with E-state index in [0.29, 0.717) is 28.7 Å². The van der Waals surface area contributed by atoms with Gasteiger partial charge in [-0.15, -0.1) is 0 Å². The Morgan fingerprint density at radius 2 is 1.00 bits per heavy atom. The van der Waals surface area contributed by atoms with Crippen LogP contribution in [0.5, 0.6) is 11.5 Å². The van der Waals surface area contributed by atoms with Gasteiger partial charge in [0.15, 0.2) is 8.32 Å². The maximum Gasteiger partial charge on any atom is 0.311 e. The lowest BCUT2D eigenvalue weighted by Crippen LogP contribution is -2.53. The molecule has 0 unspecified atom stereocenters. The van der Waals surface area contributed by atoms with Crippen molar-refractivity contribution in [1.29, 1.82) is 10.5 Å². The van der Waals surface area contributed by atoms with Gasteiger partial charge in [0.25, 0.3) is 0 Å². The van der Waals surface area contributed by atoms with E-state index in [1.807, 2.05) is 25.2 Å². The molecule has 0 radical (unpaired) electrons. The van der Waals surface area contributed by atoms with Crippen molar-refractivity contribution in [2.75, 3.05) is 13.2 Å². The minimum Gasteiger partial charge on any atom is -0.490 e. The number of sulfone groups is 2. The summed E-state index contributed by atoms with van der Waals surface area (Å²) < 4.78 is 77.2. The van der Waals surface area contributed by atoms with E-state index in [-0.39, 0.29) is 32.8 Å². The second-order valence-corrected chi connectivity index (χ2v) is 30.9. The average molecular weight is 869 g/mol. The van der Waals surface area contributed by atoms with Crippen molar-refractivity contribution >= 4 is 57.0 Å². The van der Waals surface area contributed by atoms with Gasteiger partial charge in [-0.05, 0) is 128 Å². The summed E-state index contributed by atoms with van der Waals surface area (Å²) in [5.41, 5.74) is 1.95. The summed E-state index contributed by atoms with van der Waals surface area (Å²) in [6.45, 7) is 21.5. The van der Waals surface area contributed by atoms with E-state index in [1.54, 1.807) is 84.9 Å². The Morgan fingerprint density at radius 1 is 0.603 bits per heavy atom. The van der Waals surface area contributed by atoms with Crippen molar-refractivity contribution < 1.29 is 34.5 Å². The third-order valence-corrected chi connectivity index (χ3v) is 23.4. The van der Waals surface area contributed by atoms with Crippen LogP contribution in [0.1, 0.15) is 11.1 Å². The van der Waals surface area contributed by atoms with E-state index in [4.69, 9.17) is 17.7 Å². The molecule has 0 fully saturated rings. The SMILES string of the molecule is C=C(COc1ccc(/C=C(\C#N)S(=O)(=O)c2ccccc2)cc1)C[Si](C)(C)O[Si](C)(C)O[Si](C)(C)C(=C)COc1ccc(/C=C(\C#N)S(=O)(=O)c2ccccc2)cc1. The Morgan fingerprint density at radius 3 is 1.40 bits per heavy atom. The van der Waals surface area contributed by atoms with Gasteiger partial charge >= 0.3 is 8.56 Å². The Bertz CT molecular complexity index is 2470. The minimum atomic E-state index is -3.95. The van der Waals surface area contributed by atoms with Crippen molar-refractivity contribution in [3.63, 3.8) is 0 Å². The highest BCUT2D eigenvalue weighted by molar-refractivity contribution is 7.96. The van der Waals surface area contributed by atoms with Crippen LogP contribution in [-0.4, -0.2) is 55.2 Å². The van der Waals surface area contributed by atoms with Gasteiger partial charge in [-0.25, -0.2) is 16.8 Å². The Hall–Kier alpha value is -5.11. The van der Waals surface area contributed by atoms with Crippen LogP contribution in [0.4, 0.5) is 0 Å². The molecule has 0 spiro atoms. The van der Waals surface area contributed by atoms with Crippen molar-refractivity contribution in [1.82, 2.24) is 0 Å². The fourth-order valence-electron chi connectivity index (χ4n) is 6.01. The molecule has 0 saturated heterocycles. The lowest BCUT2D eigenvalue weighted by atomic mass is 10.2. The third-order valence-electron chi connectivity index (χ3n) is 8.67. The monoisotopic (exact) mass is 868 g/mol. The van der Waals surface area contributed by atoms with Gasteiger partial charge in [-0.1, -0.05) is 73.8 Å². The summed E-state index contributed by atoms with van der Waals surface area (Å²) in [5, 5.41) is 20.0. The molecular weight excluding hydrogens is 821 g/mol. The maximum atomic E-state index is 12.9. The minimum absolute atomic E-state index is 0.0546. The standard InChI is InChI=1S/C43H48N2O8S2Si3/c1-34(31-50-38-23-19-36(20-24-38)27-42(29-44)54(46,47)40-15-11-9-12-16-40)33-56(3,4)52-58(7,8)53-57(5,6)35(2)32-51-39-25-21-37(22-26-39)28-43(30-45)55(48,49)41-17-13-10-14-18-41/h9-28H,1-2,31-33H2,3-8H3/b42-27+,43-28+. The number of hydrogen-bond acceptors (Lipinski definition) is 10. The van der Waals surface area contributed by atoms with Crippen LogP contribution >= 0.6 is 0 Å². The van der Waals surface area contributed by atoms with Crippen molar-refractivity contribution in [3.8, 4) is 23.6 Å². The molecule has 4 rings (SSSR count). The predicted molar refractivity (Wildman–Crippen MR) is 236 cm³/mol. The van der Waals surface area contributed by atoms with E-state index >= 15 is 0 Å². The van der Waals surface area contributed by atoms with E-state index in [9.17, 15) is 27.4 Å². The van der Waals surface area contributed by atoms with Gasteiger partial charge in [0, 0.05) is 0 Å². The van der Waals surface area contributed by atoms with Crippen LogP contribution in [0.15, 0.2) is 153 Å². The van der Waals surface area contributed by atoms with Crippen molar-refractivity contribution in [2.24, 2.45) is 0 Å². The van der Waals surface area contributed by atoms with Gasteiger partial charge in [0.2, 0.25) is 28.0 Å². The lowest BCUT2D eigenvalue weighted by molar-refractivity contribution is 0.345. The zero-order valence-corrected chi connectivity index (χ0v) is 38.2. The topological polar surface area (TPSA) is 153 Å². The van der Waals surface area contributed by atoms with Crippen molar-refractivity contribution in [3.05, 3.63) is 154 Å². The van der Waals surface area contributed by atoms with Crippen LogP contribution in [0.25, 0.3) is 12.2 Å². The first-order valence-corrected chi connectivity index (χ1v) is 30.0. The van der Waals surface area contributed by atoms with Crippen molar-refractivity contribution in [2.45, 2.75) is 55.1 Å². The van der Waals surface area contributed by atoms with Gasteiger partial charge in [-0.2, -0.15) is 10.5 Å². The summed E-state index contributed by atoms with van der Waals surface area (Å²) in [6.07, 6.45) is 2.68. The molecule has 0 aliphatic rings. The second-order valence-electron chi connectivity index (χ2n) is 15.0. The Labute approximate surface area is 346 Å². The van der Waals surface area contributed by atoms with E-state index in [2.05, 4.69) is 39.3 Å². The quantitative estimate of drug-likeness (QED) is 0.0506.